The van der Waals surface area contributed by atoms with E-state index in [0.717, 1.165) is 0 Å². The van der Waals surface area contributed by atoms with Gasteiger partial charge in [0.2, 0.25) is 0 Å². The summed E-state index contributed by atoms with van der Waals surface area (Å²) >= 11 is 3.21. The van der Waals surface area contributed by atoms with Crippen molar-refractivity contribution in [2.45, 2.75) is 6.54 Å². The van der Waals surface area contributed by atoms with Crippen LogP contribution < -0.4 is 10.6 Å². The van der Waals surface area contributed by atoms with Crippen LogP contribution in [0, 0.1) is 0 Å². The lowest BCUT2D eigenvalue weighted by Crippen LogP contribution is -2.29. The summed E-state index contributed by atoms with van der Waals surface area (Å²) in [6, 6.07) is 7.52. The first-order chi connectivity index (χ1) is 10.1. The van der Waals surface area contributed by atoms with E-state index in [1.165, 1.54) is 12.3 Å². The van der Waals surface area contributed by atoms with Crippen molar-refractivity contribution in [3.8, 4) is 0 Å². The van der Waals surface area contributed by atoms with Crippen molar-refractivity contribution >= 4 is 33.6 Å². The minimum atomic E-state index is -1.12. The minimum absolute atomic E-state index is 0.000900. The summed E-state index contributed by atoms with van der Waals surface area (Å²) in [5.74, 6) is -1.12. The first-order valence-electron chi connectivity index (χ1n) is 5.91. The SMILES string of the molecule is O=C(NCc1cccnn1)Nc1c(Br)cccc1C(=O)O. The van der Waals surface area contributed by atoms with E-state index >= 15 is 0 Å². The van der Waals surface area contributed by atoms with Gasteiger partial charge in [0.15, 0.2) is 0 Å². The Labute approximate surface area is 128 Å². The molecule has 108 valence electrons. The number of urea groups is 1. The van der Waals surface area contributed by atoms with Gasteiger partial charge in [0, 0.05) is 10.7 Å². The zero-order valence-electron chi connectivity index (χ0n) is 10.7. The number of aromatic carboxylic acids is 1. The molecule has 0 saturated heterocycles. The van der Waals surface area contributed by atoms with Crippen LogP contribution in [-0.2, 0) is 6.54 Å². The molecular formula is C13H11BrN4O3. The molecule has 7 nitrogen and oxygen atoms in total. The van der Waals surface area contributed by atoms with Crippen LogP contribution in [0.3, 0.4) is 0 Å². The summed E-state index contributed by atoms with van der Waals surface area (Å²) in [4.78, 5) is 23.0. The largest absolute Gasteiger partial charge is 0.478 e. The standard InChI is InChI=1S/C13H11BrN4O3/c14-10-5-1-4-9(12(19)20)11(10)17-13(21)15-7-8-3-2-6-16-18-8/h1-6H,7H2,(H,19,20)(H2,15,17,21). The zero-order chi connectivity index (χ0) is 15.2. The molecule has 0 aliphatic carbocycles. The third-order valence-corrected chi connectivity index (χ3v) is 3.20. The molecule has 2 rings (SSSR count). The number of aromatic nitrogens is 2. The van der Waals surface area contributed by atoms with Crippen molar-refractivity contribution in [2.75, 3.05) is 5.32 Å². The number of carbonyl (C=O) groups excluding carboxylic acids is 1. The van der Waals surface area contributed by atoms with Crippen molar-refractivity contribution in [3.05, 3.63) is 52.3 Å². The zero-order valence-corrected chi connectivity index (χ0v) is 12.3. The van der Waals surface area contributed by atoms with E-state index in [2.05, 4.69) is 36.8 Å². The normalized spacial score (nSPS) is 9.95. The molecule has 1 aromatic heterocycles. The van der Waals surface area contributed by atoms with E-state index in [1.807, 2.05) is 0 Å². The van der Waals surface area contributed by atoms with Crippen LogP contribution in [0.1, 0.15) is 16.1 Å². The lowest BCUT2D eigenvalue weighted by molar-refractivity contribution is 0.0698. The number of rotatable bonds is 4. The van der Waals surface area contributed by atoms with Crippen LogP contribution in [0.2, 0.25) is 0 Å². The predicted molar refractivity (Wildman–Crippen MR) is 79.0 cm³/mol. The number of hydrogen-bond acceptors (Lipinski definition) is 4. The number of nitrogens with zero attached hydrogens (tertiary/aromatic N) is 2. The highest BCUT2D eigenvalue weighted by atomic mass is 79.9. The smallest absolute Gasteiger partial charge is 0.337 e. The lowest BCUT2D eigenvalue weighted by atomic mass is 10.2. The molecule has 1 heterocycles. The highest BCUT2D eigenvalue weighted by Crippen LogP contribution is 2.26. The Morgan fingerprint density at radius 1 is 1.24 bits per heavy atom. The molecule has 1 aromatic carbocycles. The molecule has 0 atom stereocenters. The molecule has 0 radical (unpaired) electrons. The number of carbonyl (C=O) groups is 2. The fourth-order valence-electron chi connectivity index (χ4n) is 1.59. The van der Waals surface area contributed by atoms with Crippen molar-refractivity contribution in [2.24, 2.45) is 0 Å². The number of nitrogens with one attached hydrogen (secondary N) is 2. The van der Waals surface area contributed by atoms with Crippen LogP contribution in [0.25, 0.3) is 0 Å². The maximum Gasteiger partial charge on any atom is 0.337 e. The van der Waals surface area contributed by atoms with Gasteiger partial charge in [0.25, 0.3) is 0 Å². The van der Waals surface area contributed by atoms with Crippen molar-refractivity contribution in [1.29, 1.82) is 0 Å². The van der Waals surface area contributed by atoms with Gasteiger partial charge in [0.1, 0.15) is 0 Å². The van der Waals surface area contributed by atoms with Gasteiger partial charge in [-0.2, -0.15) is 10.2 Å². The number of anilines is 1. The molecule has 2 amide bonds. The summed E-state index contributed by atoms with van der Waals surface area (Å²) < 4.78 is 0.483. The molecule has 0 bridgehead atoms. The van der Waals surface area contributed by atoms with E-state index in [0.29, 0.717) is 10.2 Å². The molecule has 8 heteroatoms. The number of benzene rings is 1. The Morgan fingerprint density at radius 3 is 2.71 bits per heavy atom. The lowest BCUT2D eigenvalue weighted by Gasteiger charge is -2.11. The average Bonchev–Trinajstić information content (AvgIpc) is 2.48. The number of hydrogen-bond donors (Lipinski definition) is 3. The quantitative estimate of drug-likeness (QED) is 0.784. The van der Waals surface area contributed by atoms with Gasteiger partial charge >= 0.3 is 12.0 Å². The van der Waals surface area contributed by atoms with Gasteiger partial charge in [-0.3, -0.25) is 0 Å². The Balaban J connectivity index is 2.05. The van der Waals surface area contributed by atoms with Gasteiger partial charge in [-0.25, -0.2) is 9.59 Å². The Morgan fingerprint density at radius 2 is 2.05 bits per heavy atom. The van der Waals surface area contributed by atoms with Gasteiger partial charge < -0.3 is 15.7 Å². The molecular weight excluding hydrogens is 340 g/mol. The summed E-state index contributed by atoms with van der Waals surface area (Å²) in [6.07, 6.45) is 1.53. The van der Waals surface area contributed by atoms with E-state index in [1.54, 1.807) is 24.3 Å². The van der Waals surface area contributed by atoms with E-state index in [9.17, 15) is 9.59 Å². The van der Waals surface area contributed by atoms with Crippen LogP contribution in [0.5, 0.6) is 0 Å². The van der Waals surface area contributed by atoms with Gasteiger partial charge in [-0.05, 0) is 40.2 Å². The van der Waals surface area contributed by atoms with Crippen LogP contribution in [0.15, 0.2) is 41.0 Å². The van der Waals surface area contributed by atoms with Crippen LogP contribution >= 0.6 is 15.9 Å². The highest BCUT2D eigenvalue weighted by molar-refractivity contribution is 9.10. The molecule has 0 fully saturated rings. The third-order valence-electron chi connectivity index (χ3n) is 2.54. The van der Waals surface area contributed by atoms with E-state index in [-0.39, 0.29) is 17.8 Å². The summed E-state index contributed by atoms with van der Waals surface area (Å²) in [5.41, 5.74) is 0.791. The molecule has 3 N–H and O–H groups in total. The molecule has 0 aliphatic heterocycles. The molecule has 0 unspecified atom stereocenters. The fourth-order valence-corrected chi connectivity index (χ4v) is 2.05. The van der Waals surface area contributed by atoms with Gasteiger partial charge in [-0.1, -0.05) is 6.07 Å². The Kier molecular flexibility index (Phi) is 4.83. The molecule has 0 saturated carbocycles. The highest BCUT2D eigenvalue weighted by Gasteiger charge is 2.15. The predicted octanol–water partition coefficient (Wildman–Crippen LogP) is 2.26. The minimum Gasteiger partial charge on any atom is -0.478 e. The number of carboxylic acids is 1. The summed E-state index contributed by atoms with van der Waals surface area (Å²) in [7, 11) is 0. The monoisotopic (exact) mass is 350 g/mol. The number of carboxylic acid groups (broad SMARTS) is 1. The first kappa shape index (κ1) is 14.9. The fraction of sp³-hybridized carbons (Fsp3) is 0.0769. The molecule has 0 aliphatic rings. The number of halogens is 1. The molecule has 21 heavy (non-hydrogen) atoms. The average molecular weight is 351 g/mol. The second kappa shape index (κ2) is 6.80. The summed E-state index contributed by atoms with van der Waals surface area (Å²) in [5, 5.41) is 21.7. The van der Waals surface area contributed by atoms with Gasteiger partial charge in [-0.15, -0.1) is 0 Å². The topological polar surface area (TPSA) is 104 Å². The summed E-state index contributed by atoms with van der Waals surface area (Å²) in [6.45, 7) is 0.187. The molecule has 2 aromatic rings. The number of para-hydroxylation sites is 1. The van der Waals surface area contributed by atoms with Crippen molar-refractivity contribution in [1.82, 2.24) is 15.5 Å². The van der Waals surface area contributed by atoms with Crippen molar-refractivity contribution in [3.63, 3.8) is 0 Å². The Hall–Kier alpha value is -2.48. The van der Waals surface area contributed by atoms with Crippen LogP contribution in [-0.4, -0.2) is 27.3 Å². The number of amides is 2. The second-order valence-electron chi connectivity index (χ2n) is 3.99. The van der Waals surface area contributed by atoms with E-state index < -0.39 is 12.0 Å². The van der Waals surface area contributed by atoms with Crippen LogP contribution in [0.4, 0.5) is 10.5 Å². The van der Waals surface area contributed by atoms with E-state index in [4.69, 9.17) is 5.11 Å². The van der Waals surface area contributed by atoms with Crippen molar-refractivity contribution < 1.29 is 14.7 Å². The maximum absolute atomic E-state index is 11.8. The maximum atomic E-state index is 11.8. The first-order valence-corrected chi connectivity index (χ1v) is 6.70. The third kappa shape index (κ3) is 3.99. The Bertz CT molecular complexity index is 664. The van der Waals surface area contributed by atoms with Gasteiger partial charge in [0.05, 0.1) is 23.5 Å². The second-order valence-corrected chi connectivity index (χ2v) is 4.84. The molecule has 0 spiro atoms.